The van der Waals surface area contributed by atoms with Crippen molar-refractivity contribution in [3.05, 3.63) is 71.8 Å². The lowest BCUT2D eigenvalue weighted by molar-refractivity contribution is 0.474. The van der Waals surface area contributed by atoms with Crippen LogP contribution >= 0.6 is 0 Å². The van der Waals surface area contributed by atoms with E-state index < -0.39 is 0 Å². The Kier molecular flexibility index (Phi) is 3.68. The van der Waals surface area contributed by atoms with Crippen LogP contribution in [0.25, 0.3) is 11.6 Å². The van der Waals surface area contributed by atoms with E-state index in [0.717, 1.165) is 29.7 Å². The topological polar surface area (TPSA) is 32.6 Å². The third-order valence-corrected chi connectivity index (χ3v) is 4.31. The van der Waals surface area contributed by atoms with E-state index >= 15 is 0 Å². The molecule has 0 heterocycles. The molecule has 1 N–H and O–H groups in total. The number of hydrogen-bond acceptors (Lipinski definition) is 2. The number of aliphatic imine (C=N–C) groups is 1. The first kappa shape index (κ1) is 14.3. The fraction of sp³-hybridized carbons (Fsp3) is 0.150. The summed E-state index contributed by atoms with van der Waals surface area (Å²) in [6.07, 6.45) is 3.71. The highest BCUT2D eigenvalue weighted by Gasteiger charge is 2.24. The lowest BCUT2D eigenvalue weighted by atomic mass is 9.76. The van der Waals surface area contributed by atoms with Gasteiger partial charge in [-0.15, -0.1) is 0 Å². The lowest BCUT2D eigenvalue weighted by Gasteiger charge is -2.28. The Morgan fingerprint density at radius 3 is 2.50 bits per heavy atom. The standard InChI is InChI=1S/C20H19NO/c1-4-14-11-18(21-3)12-17-10-16(9-13(2)20(14)17)15-5-7-19(22)8-6-15/h4-8,11-12,16,22H,1-3,9-10H2. The summed E-state index contributed by atoms with van der Waals surface area (Å²) >= 11 is 0. The van der Waals surface area contributed by atoms with Crippen molar-refractivity contribution < 1.29 is 5.11 Å². The molecule has 0 bridgehead atoms. The summed E-state index contributed by atoms with van der Waals surface area (Å²) in [4.78, 5) is 4.06. The van der Waals surface area contributed by atoms with Crippen LogP contribution in [0.5, 0.6) is 5.75 Å². The van der Waals surface area contributed by atoms with Crippen LogP contribution in [0.4, 0.5) is 5.69 Å². The van der Waals surface area contributed by atoms with Crippen molar-refractivity contribution in [2.75, 3.05) is 0 Å². The fourth-order valence-corrected chi connectivity index (χ4v) is 3.27. The van der Waals surface area contributed by atoms with Gasteiger partial charge in [-0.1, -0.05) is 31.4 Å². The Hall–Kier alpha value is -2.61. The van der Waals surface area contributed by atoms with Gasteiger partial charge in [0.05, 0.1) is 5.69 Å². The Morgan fingerprint density at radius 2 is 1.86 bits per heavy atom. The molecule has 0 amide bonds. The molecule has 1 aliphatic carbocycles. The van der Waals surface area contributed by atoms with Gasteiger partial charge in [-0.25, -0.2) is 0 Å². The van der Waals surface area contributed by atoms with Gasteiger partial charge in [0.25, 0.3) is 0 Å². The molecule has 2 heteroatoms. The van der Waals surface area contributed by atoms with Crippen molar-refractivity contribution in [2.24, 2.45) is 4.99 Å². The SMILES string of the molecule is C=Cc1cc(N=C)cc2c1C(=C)CC(c1ccc(O)cc1)C2. The van der Waals surface area contributed by atoms with E-state index in [1.165, 1.54) is 16.7 Å². The van der Waals surface area contributed by atoms with E-state index in [0.29, 0.717) is 11.7 Å². The zero-order valence-electron chi connectivity index (χ0n) is 12.5. The van der Waals surface area contributed by atoms with Gasteiger partial charge in [0.2, 0.25) is 0 Å². The summed E-state index contributed by atoms with van der Waals surface area (Å²) in [5, 5.41) is 9.45. The number of phenols is 1. The molecule has 22 heavy (non-hydrogen) atoms. The van der Waals surface area contributed by atoms with Crippen LogP contribution < -0.4 is 0 Å². The first-order chi connectivity index (χ1) is 10.6. The highest BCUT2D eigenvalue weighted by Crippen LogP contribution is 2.42. The second-order valence-electron chi connectivity index (χ2n) is 5.73. The van der Waals surface area contributed by atoms with Crippen LogP contribution in [0.2, 0.25) is 0 Å². The molecule has 1 atom stereocenters. The van der Waals surface area contributed by atoms with Crippen LogP contribution in [0.1, 0.15) is 34.6 Å². The van der Waals surface area contributed by atoms with Crippen LogP contribution in [0.3, 0.4) is 0 Å². The second kappa shape index (κ2) is 5.64. The molecule has 0 aromatic heterocycles. The average molecular weight is 289 g/mol. The Bertz CT molecular complexity index is 756. The molecule has 1 unspecified atom stereocenters. The highest BCUT2D eigenvalue weighted by molar-refractivity contribution is 5.79. The van der Waals surface area contributed by atoms with Gasteiger partial charge in [0, 0.05) is 0 Å². The molecule has 0 spiro atoms. The third-order valence-electron chi connectivity index (χ3n) is 4.31. The summed E-state index contributed by atoms with van der Waals surface area (Å²) < 4.78 is 0. The van der Waals surface area contributed by atoms with Crippen LogP contribution in [0.15, 0.2) is 54.5 Å². The summed E-state index contributed by atoms with van der Waals surface area (Å²) in [5.74, 6) is 0.671. The summed E-state index contributed by atoms with van der Waals surface area (Å²) in [6, 6.07) is 11.6. The van der Waals surface area contributed by atoms with Crippen molar-refractivity contribution in [3.63, 3.8) is 0 Å². The smallest absolute Gasteiger partial charge is 0.115 e. The maximum atomic E-state index is 9.45. The molecule has 0 saturated carbocycles. The third kappa shape index (κ3) is 2.48. The molecule has 2 nitrogen and oxygen atoms in total. The van der Waals surface area contributed by atoms with Crippen LogP contribution in [-0.2, 0) is 6.42 Å². The van der Waals surface area contributed by atoms with Gasteiger partial charge in [-0.2, -0.15) is 0 Å². The van der Waals surface area contributed by atoms with Crippen molar-refractivity contribution in [2.45, 2.75) is 18.8 Å². The Labute approximate surface area is 131 Å². The maximum absolute atomic E-state index is 9.45. The van der Waals surface area contributed by atoms with Gasteiger partial charge in [0.1, 0.15) is 5.75 Å². The van der Waals surface area contributed by atoms with Crippen molar-refractivity contribution in [1.29, 1.82) is 0 Å². The Balaban J connectivity index is 2.04. The van der Waals surface area contributed by atoms with Crippen molar-refractivity contribution in [3.8, 4) is 5.75 Å². The normalized spacial score (nSPS) is 16.9. The van der Waals surface area contributed by atoms with Gasteiger partial charge in [0.15, 0.2) is 0 Å². The first-order valence-corrected chi connectivity index (χ1v) is 7.35. The number of phenolic OH excluding ortho intramolecular Hbond substituents is 1. The van der Waals surface area contributed by atoms with Crippen molar-refractivity contribution in [1.82, 2.24) is 0 Å². The van der Waals surface area contributed by atoms with Crippen molar-refractivity contribution >= 4 is 24.1 Å². The van der Waals surface area contributed by atoms with Gasteiger partial charge >= 0.3 is 0 Å². The van der Waals surface area contributed by atoms with Gasteiger partial charge in [-0.3, -0.25) is 4.99 Å². The van der Waals surface area contributed by atoms with E-state index in [2.05, 4.69) is 30.9 Å². The maximum Gasteiger partial charge on any atom is 0.115 e. The number of rotatable bonds is 3. The van der Waals surface area contributed by atoms with E-state index in [-0.39, 0.29) is 0 Å². The zero-order valence-corrected chi connectivity index (χ0v) is 12.5. The lowest BCUT2D eigenvalue weighted by Crippen LogP contribution is -2.12. The highest BCUT2D eigenvalue weighted by atomic mass is 16.3. The van der Waals surface area contributed by atoms with E-state index in [1.54, 1.807) is 12.1 Å². The number of allylic oxidation sites excluding steroid dienone is 1. The molecular weight excluding hydrogens is 270 g/mol. The second-order valence-corrected chi connectivity index (χ2v) is 5.73. The number of hydrogen-bond donors (Lipinski definition) is 1. The minimum Gasteiger partial charge on any atom is -0.508 e. The molecule has 0 aliphatic heterocycles. The minimum atomic E-state index is 0.297. The van der Waals surface area contributed by atoms with E-state index in [9.17, 15) is 5.11 Å². The molecule has 1 aliphatic rings. The van der Waals surface area contributed by atoms with Crippen LogP contribution in [0, 0.1) is 0 Å². The number of nitrogens with zero attached hydrogens (tertiary/aromatic N) is 1. The first-order valence-electron chi connectivity index (χ1n) is 7.35. The number of benzene rings is 2. The van der Waals surface area contributed by atoms with E-state index in [1.807, 2.05) is 24.3 Å². The Morgan fingerprint density at radius 1 is 1.14 bits per heavy atom. The quantitative estimate of drug-likeness (QED) is 0.782. The van der Waals surface area contributed by atoms with E-state index in [4.69, 9.17) is 0 Å². The molecular formula is C20H19NO. The van der Waals surface area contributed by atoms with Gasteiger partial charge < -0.3 is 5.11 Å². The summed E-state index contributed by atoms with van der Waals surface area (Å²) in [6.45, 7) is 11.8. The zero-order chi connectivity index (χ0) is 15.7. The van der Waals surface area contributed by atoms with Gasteiger partial charge in [-0.05, 0) is 77.6 Å². The van der Waals surface area contributed by atoms with Crippen LogP contribution in [-0.4, -0.2) is 11.8 Å². The molecule has 0 saturated heterocycles. The largest absolute Gasteiger partial charge is 0.508 e. The summed E-state index contributed by atoms with van der Waals surface area (Å²) in [5.41, 5.74) is 6.75. The monoisotopic (exact) mass is 289 g/mol. The fourth-order valence-electron chi connectivity index (χ4n) is 3.27. The minimum absolute atomic E-state index is 0.297. The molecule has 0 fully saturated rings. The molecule has 2 aromatic carbocycles. The molecule has 2 aromatic rings. The summed E-state index contributed by atoms with van der Waals surface area (Å²) in [7, 11) is 0. The predicted octanol–water partition coefficient (Wildman–Crippen LogP) is 5.11. The predicted molar refractivity (Wildman–Crippen MR) is 93.9 cm³/mol. The molecule has 110 valence electrons. The average Bonchev–Trinajstić information content (AvgIpc) is 2.54. The molecule has 0 radical (unpaired) electrons. The number of aromatic hydroxyl groups is 1. The number of fused-ring (bicyclic) bond motifs is 1. The molecule has 3 rings (SSSR count).